The van der Waals surface area contributed by atoms with Crippen molar-refractivity contribution >= 4 is 0 Å². The topological polar surface area (TPSA) is 0 Å². The monoisotopic (exact) mass is 1760 g/mol. The third kappa shape index (κ3) is 28.7. The average Bonchev–Trinajstić information content (AvgIpc) is 0.830. The highest BCUT2D eigenvalue weighted by molar-refractivity contribution is 5.78. The van der Waals surface area contributed by atoms with Gasteiger partial charge in [0.15, 0.2) is 0 Å². The Hall–Kier alpha value is -15.6. The second kappa shape index (κ2) is 49.2. The molecule has 0 heteroatoms. The number of benzene rings is 20. The van der Waals surface area contributed by atoms with Crippen molar-refractivity contribution in [2.75, 3.05) is 0 Å². The molecule has 20 aromatic carbocycles. The minimum atomic E-state index is 1.26. The standard InChI is InChI=1S/4C20H18.4C14H14/c1-15-3-7-17(8-4-15)19-11-13-20(14-12-19)18-9-5-16(2)6-10-18;1-15-6-10-17(11-7-15)19-4-3-5-20(14-19)18-12-8-16(2)9-13-18;1-15-6-8-17(9-7-15)18-10-12-19(13-11-18)20-5-3-4-16(2)14-20;1-15-7-9-17(10-8-15)18-11-13-19(14-12-18)20-6-4-3-5-16(20)2;1-11-7-3-5-9-13(11)14-10-6-4-8-12(14)2;2*1-11-6-5-8-13(10-11)14-9-4-3-7-12(14)2;1-11-7-9-13(10-8-11)14-6-4-3-5-12(14)2/h4*3-14H,1-2H3;4*3-10H,1-2H3. The van der Waals surface area contributed by atoms with Crippen LogP contribution in [0.25, 0.3) is 134 Å². The molecule has 0 nitrogen and oxygen atoms in total. The van der Waals surface area contributed by atoms with E-state index in [1.54, 1.807) is 0 Å². The van der Waals surface area contributed by atoms with Gasteiger partial charge in [-0.05, 0) is 284 Å². The van der Waals surface area contributed by atoms with Gasteiger partial charge in [0.05, 0.1) is 0 Å². The molecule has 0 aliphatic rings. The van der Waals surface area contributed by atoms with Crippen LogP contribution < -0.4 is 0 Å². The van der Waals surface area contributed by atoms with E-state index in [0.717, 1.165) is 0 Å². The normalized spacial score (nSPS) is 10.4. The molecule has 0 amide bonds. The van der Waals surface area contributed by atoms with Crippen LogP contribution in [0.5, 0.6) is 0 Å². The summed E-state index contributed by atoms with van der Waals surface area (Å²) in [5.74, 6) is 0. The molecule has 136 heavy (non-hydrogen) atoms. The molecule has 20 rings (SSSR count). The SMILES string of the molecule is Cc1ccc(-c2ccc(-c3ccc(C)cc3)cc2)cc1.Cc1ccc(-c2ccc(-c3cccc(C)c3)cc2)cc1.Cc1ccc(-c2ccc(-c3ccccc3C)cc2)cc1.Cc1ccc(-c2cccc(-c3ccc(C)cc3)c2)cc1.Cc1ccc(-c2ccccc2C)cc1.Cc1cccc(-c2ccccc2C)c1.Cc1cccc(-c2ccccc2C)c1.Cc1ccccc1-c1ccccc1C. The molecule has 0 aliphatic heterocycles. The zero-order valence-corrected chi connectivity index (χ0v) is 82.2. The minimum Gasteiger partial charge on any atom is -0.0620 e. The first-order valence-corrected chi connectivity index (χ1v) is 47.5. The fourth-order valence-corrected chi connectivity index (χ4v) is 16.4. The van der Waals surface area contributed by atoms with Gasteiger partial charge in [0.25, 0.3) is 0 Å². The van der Waals surface area contributed by atoms with Gasteiger partial charge in [0.1, 0.15) is 0 Å². The lowest BCUT2D eigenvalue weighted by atomic mass is 9.97. The molecule has 0 unspecified atom stereocenters. The maximum Gasteiger partial charge on any atom is -0.0152 e. The van der Waals surface area contributed by atoms with Crippen LogP contribution in [-0.4, -0.2) is 0 Å². The second-order valence-electron chi connectivity index (χ2n) is 35.9. The molecule has 0 heterocycles. The summed E-state index contributed by atoms with van der Waals surface area (Å²) < 4.78 is 0. The van der Waals surface area contributed by atoms with Crippen LogP contribution >= 0.6 is 0 Å². The molecule has 0 N–H and O–H groups in total. The third-order valence-corrected chi connectivity index (χ3v) is 24.7. The molecule has 672 valence electrons. The first-order valence-electron chi connectivity index (χ1n) is 47.5. The quantitative estimate of drug-likeness (QED) is 0.114. The van der Waals surface area contributed by atoms with E-state index < -0.39 is 0 Å². The molecule has 0 fully saturated rings. The van der Waals surface area contributed by atoms with E-state index in [9.17, 15) is 0 Å². The lowest BCUT2D eigenvalue weighted by Gasteiger charge is -2.08. The Morgan fingerprint density at radius 1 is 0.0809 bits per heavy atom. The first kappa shape index (κ1) is 97.9. The highest BCUT2D eigenvalue weighted by atomic mass is 14.2. The van der Waals surface area contributed by atoms with Gasteiger partial charge in [0, 0.05) is 0 Å². The molecule has 0 aromatic heterocycles. The highest BCUT2D eigenvalue weighted by Gasteiger charge is 2.10. The van der Waals surface area contributed by atoms with E-state index in [1.807, 2.05) is 0 Å². The molecular formula is C136H128. The molecule has 0 atom stereocenters. The van der Waals surface area contributed by atoms with Crippen molar-refractivity contribution in [2.24, 2.45) is 0 Å². The Labute approximate surface area is 812 Å². The van der Waals surface area contributed by atoms with Crippen molar-refractivity contribution in [2.45, 2.75) is 111 Å². The lowest BCUT2D eigenvalue weighted by molar-refractivity contribution is 1.41. The summed E-state index contributed by atoms with van der Waals surface area (Å²) in [6.45, 7) is 34.1. The maximum absolute atomic E-state index is 2.26. The molecule has 0 spiro atoms. The molecule has 0 radical (unpaired) electrons. The molecule has 0 saturated heterocycles. The van der Waals surface area contributed by atoms with Crippen LogP contribution in [0, 0.1) is 111 Å². The van der Waals surface area contributed by atoms with Crippen LogP contribution in [0.2, 0.25) is 0 Å². The molecular weight excluding hydrogens is 1630 g/mol. The van der Waals surface area contributed by atoms with Crippen molar-refractivity contribution in [1.29, 1.82) is 0 Å². The van der Waals surface area contributed by atoms with E-state index in [1.165, 1.54) is 223 Å². The summed E-state index contributed by atoms with van der Waals surface area (Å²) in [5, 5.41) is 0. The van der Waals surface area contributed by atoms with E-state index in [2.05, 4.69) is 596 Å². The van der Waals surface area contributed by atoms with Crippen LogP contribution in [0.4, 0.5) is 0 Å². The Kier molecular flexibility index (Phi) is 35.4. The van der Waals surface area contributed by atoms with Gasteiger partial charge in [-0.3, -0.25) is 0 Å². The van der Waals surface area contributed by atoms with Gasteiger partial charge in [-0.25, -0.2) is 0 Å². The largest absolute Gasteiger partial charge is 0.0620 e. The molecule has 0 aliphatic carbocycles. The van der Waals surface area contributed by atoms with Crippen LogP contribution in [-0.2, 0) is 0 Å². The van der Waals surface area contributed by atoms with E-state index >= 15 is 0 Å². The van der Waals surface area contributed by atoms with Gasteiger partial charge in [-0.1, -0.05) is 535 Å². The highest BCUT2D eigenvalue weighted by Crippen LogP contribution is 2.35. The zero-order chi connectivity index (χ0) is 95.7. The van der Waals surface area contributed by atoms with Crippen LogP contribution in [0.3, 0.4) is 0 Å². The molecule has 0 bridgehead atoms. The summed E-state index contributed by atoms with van der Waals surface area (Å²) in [7, 11) is 0. The third-order valence-electron chi connectivity index (χ3n) is 24.7. The summed E-state index contributed by atoms with van der Waals surface area (Å²) in [5.41, 5.74) is 51.9. The lowest BCUT2D eigenvalue weighted by Crippen LogP contribution is -1.85. The Balaban J connectivity index is 0.000000132. The molecule has 0 saturated carbocycles. The van der Waals surface area contributed by atoms with Crippen molar-refractivity contribution in [1.82, 2.24) is 0 Å². The second-order valence-corrected chi connectivity index (χ2v) is 35.9. The smallest absolute Gasteiger partial charge is 0.0152 e. The number of hydrogen-bond acceptors (Lipinski definition) is 0. The van der Waals surface area contributed by atoms with Gasteiger partial charge in [-0.2, -0.15) is 0 Å². The first-order chi connectivity index (χ1) is 66.0. The van der Waals surface area contributed by atoms with Crippen molar-refractivity contribution in [3.8, 4) is 134 Å². The van der Waals surface area contributed by atoms with Gasteiger partial charge in [-0.15, -0.1) is 0 Å². The van der Waals surface area contributed by atoms with Crippen LogP contribution in [0.15, 0.2) is 485 Å². The van der Waals surface area contributed by atoms with Crippen molar-refractivity contribution in [3.63, 3.8) is 0 Å². The maximum atomic E-state index is 2.26. The van der Waals surface area contributed by atoms with E-state index in [4.69, 9.17) is 0 Å². The van der Waals surface area contributed by atoms with E-state index in [0.29, 0.717) is 0 Å². The van der Waals surface area contributed by atoms with Gasteiger partial charge in [0.2, 0.25) is 0 Å². The Bertz CT molecular complexity index is 6870. The Morgan fingerprint density at radius 3 is 0.426 bits per heavy atom. The van der Waals surface area contributed by atoms with E-state index in [-0.39, 0.29) is 0 Å². The fourth-order valence-electron chi connectivity index (χ4n) is 16.4. The summed E-state index contributed by atoms with van der Waals surface area (Å²) in [6, 6.07) is 173. The van der Waals surface area contributed by atoms with Gasteiger partial charge < -0.3 is 0 Å². The number of aryl methyl sites for hydroxylation is 16. The average molecular weight is 1760 g/mol. The minimum absolute atomic E-state index is 1.26. The Morgan fingerprint density at radius 2 is 0.221 bits per heavy atom. The summed E-state index contributed by atoms with van der Waals surface area (Å²) in [6.07, 6.45) is 0. The van der Waals surface area contributed by atoms with Gasteiger partial charge >= 0.3 is 0 Å². The predicted molar refractivity (Wildman–Crippen MR) is 593 cm³/mol. The predicted octanol–water partition coefficient (Wildman–Crippen LogP) is 38.4. The fraction of sp³-hybridized carbons (Fsp3) is 0.118. The van der Waals surface area contributed by atoms with Crippen LogP contribution in [0.1, 0.15) is 89.0 Å². The molecule has 20 aromatic rings. The number of hydrogen-bond donors (Lipinski definition) is 0. The van der Waals surface area contributed by atoms with Crippen molar-refractivity contribution < 1.29 is 0 Å². The summed E-state index contributed by atoms with van der Waals surface area (Å²) in [4.78, 5) is 0. The number of rotatable bonds is 12. The summed E-state index contributed by atoms with van der Waals surface area (Å²) >= 11 is 0. The van der Waals surface area contributed by atoms with Crippen molar-refractivity contribution in [3.05, 3.63) is 574 Å². The zero-order valence-electron chi connectivity index (χ0n) is 82.2.